The normalized spacial score (nSPS) is 10.5. The number of carbonyl (C=O) groups excluding carboxylic acids is 1. The van der Waals surface area contributed by atoms with E-state index in [1.54, 1.807) is 0 Å². The third-order valence-corrected chi connectivity index (χ3v) is 2.88. The number of ether oxygens (including phenoxy) is 1. The summed E-state index contributed by atoms with van der Waals surface area (Å²) in [4.78, 5) is 10.9. The summed E-state index contributed by atoms with van der Waals surface area (Å²) in [6, 6.07) is 14.7. The van der Waals surface area contributed by atoms with Crippen LogP contribution in [0, 0.1) is 0 Å². The number of carbonyl (C=O) groups is 1. The van der Waals surface area contributed by atoms with Crippen LogP contribution in [0.2, 0.25) is 0 Å². The summed E-state index contributed by atoms with van der Waals surface area (Å²) < 4.78 is 4.58. The lowest BCUT2D eigenvalue weighted by Gasteiger charge is -2.05. The molecule has 0 heterocycles. The Bertz CT molecular complexity index is 537. The molecule has 18 heavy (non-hydrogen) atoms. The lowest BCUT2D eigenvalue weighted by atomic mass is 10.1. The lowest BCUT2D eigenvalue weighted by Crippen LogP contribution is -2.18. The minimum absolute atomic E-state index is 0.180. The van der Waals surface area contributed by atoms with Gasteiger partial charge in [0.25, 0.3) is 0 Å². The van der Waals surface area contributed by atoms with Crippen LogP contribution in [0.4, 0.5) is 0 Å². The molecule has 0 atom stereocenters. The highest BCUT2D eigenvalue weighted by atomic mass is 16.5. The molecule has 0 amide bonds. The van der Waals surface area contributed by atoms with E-state index in [0.717, 1.165) is 6.54 Å². The van der Waals surface area contributed by atoms with Crippen LogP contribution in [-0.4, -0.2) is 19.6 Å². The maximum Gasteiger partial charge on any atom is 0.306 e. The van der Waals surface area contributed by atoms with Gasteiger partial charge < -0.3 is 10.1 Å². The topological polar surface area (TPSA) is 38.3 Å². The summed E-state index contributed by atoms with van der Waals surface area (Å²) in [6.45, 7) is 1.40. The Balaban J connectivity index is 1.90. The molecule has 0 aromatic heterocycles. The molecule has 0 saturated carbocycles. The average Bonchev–Trinajstić information content (AvgIpc) is 2.43. The van der Waals surface area contributed by atoms with Crippen molar-refractivity contribution in [3.63, 3.8) is 0 Å². The van der Waals surface area contributed by atoms with Crippen molar-refractivity contribution in [2.24, 2.45) is 0 Å². The number of methoxy groups -OCH3 is 1. The van der Waals surface area contributed by atoms with Gasteiger partial charge in [-0.1, -0.05) is 36.4 Å². The van der Waals surface area contributed by atoms with Gasteiger partial charge in [0.2, 0.25) is 0 Å². The van der Waals surface area contributed by atoms with Crippen molar-refractivity contribution in [3.05, 3.63) is 48.0 Å². The van der Waals surface area contributed by atoms with Gasteiger partial charge in [-0.3, -0.25) is 4.79 Å². The second-order valence-corrected chi connectivity index (χ2v) is 4.18. The van der Waals surface area contributed by atoms with Gasteiger partial charge in [0, 0.05) is 13.1 Å². The lowest BCUT2D eigenvalue weighted by molar-refractivity contribution is -0.140. The second-order valence-electron chi connectivity index (χ2n) is 4.18. The molecule has 0 radical (unpaired) electrons. The fraction of sp³-hybridized carbons (Fsp3) is 0.267. The molecule has 0 bridgehead atoms. The van der Waals surface area contributed by atoms with Crippen molar-refractivity contribution in [1.82, 2.24) is 5.32 Å². The van der Waals surface area contributed by atoms with Crippen LogP contribution < -0.4 is 5.32 Å². The minimum Gasteiger partial charge on any atom is -0.469 e. The third-order valence-electron chi connectivity index (χ3n) is 2.88. The monoisotopic (exact) mass is 243 g/mol. The first-order valence-corrected chi connectivity index (χ1v) is 6.05. The molecule has 0 spiro atoms. The van der Waals surface area contributed by atoms with Gasteiger partial charge in [0.05, 0.1) is 13.5 Å². The Morgan fingerprint density at radius 1 is 1.17 bits per heavy atom. The molecule has 2 rings (SSSR count). The predicted molar refractivity (Wildman–Crippen MR) is 72.3 cm³/mol. The third kappa shape index (κ3) is 3.31. The van der Waals surface area contributed by atoms with Gasteiger partial charge in [0.15, 0.2) is 0 Å². The highest BCUT2D eigenvalue weighted by Gasteiger charge is 1.99. The quantitative estimate of drug-likeness (QED) is 0.647. The standard InChI is InChI=1S/C15H17NO2/c1-18-15(17)8-9-16-11-12-6-7-13-4-2-3-5-14(13)10-12/h2-7,10,16H,8-9,11H2,1H3. The number of fused-ring (bicyclic) bond motifs is 1. The number of hydrogen-bond donors (Lipinski definition) is 1. The van der Waals surface area contributed by atoms with Crippen molar-refractivity contribution < 1.29 is 9.53 Å². The van der Waals surface area contributed by atoms with E-state index < -0.39 is 0 Å². The van der Waals surface area contributed by atoms with Crippen molar-refractivity contribution in [2.75, 3.05) is 13.7 Å². The van der Waals surface area contributed by atoms with E-state index in [1.807, 2.05) is 12.1 Å². The number of benzene rings is 2. The molecule has 2 aromatic carbocycles. The van der Waals surface area contributed by atoms with E-state index in [1.165, 1.54) is 23.4 Å². The van der Waals surface area contributed by atoms with Gasteiger partial charge in [-0.25, -0.2) is 0 Å². The van der Waals surface area contributed by atoms with E-state index in [9.17, 15) is 4.79 Å². The van der Waals surface area contributed by atoms with E-state index >= 15 is 0 Å². The number of esters is 1. The SMILES string of the molecule is COC(=O)CCNCc1ccc2ccccc2c1. The van der Waals surface area contributed by atoms with E-state index in [4.69, 9.17) is 0 Å². The molecular weight excluding hydrogens is 226 g/mol. The maximum atomic E-state index is 10.9. The van der Waals surface area contributed by atoms with Gasteiger partial charge in [-0.2, -0.15) is 0 Å². The van der Waals surface area contributed by atoms with E-state index in [2.05, 4.69) is 40.4 Å². The first-order chi connectivity index (χ1) is 8.79. The van der Waals surface area contributed by atoms with Crippen LogP contribution in [0.1, 0.15) is 12.0 Å². The van der Waals surface area contributed by atoms with Gasteiger partial charge in [-0.15, -0.1) is 0 Å². The Kier molecular flexibility index (Phi) is 4.31. The zero-order valence-electron chi connectivity index (χ0n) is 10.5. The maximum absolute atomic E-state index is 10.9. The zero-order chi connectivity index (χ0) is 12.8. The van der Waals surface area contributed by atoms with Crippen LogP contribution >= 0.6 is 0 Å². The molecule has 0 aliphatic carbocycles. The largest absolute Gasteiger partial charge is 0.469 e. The summed E-state index contributed by atoms with van der Waals surface area (Å²) >= 11 is 0. The van der Waals surface area contributed by atoms with Crippen LogP contribution in [0.3, 0.4) is 0 Å². The molecule has 3 nitrogen and oxygen atoms in total. The summed E-state index contributed by atoms with van der Waals surface area (Å²) in [5, 5.41) is 5.72. The predicted octanol–water partition coefficient (Wildman–Crippen LogP) is 2.49. The molecular formula is C15H17NO2. The number of rotatable bonds is 5. The second kappa shape index (κ2) is 6.17. The summed E-state index contributed by atoms with van der Waals surface area (Å²) in [5.74, 6) is -0.180. The molecule has 0 fully saturated rings. The fourth-order valence-electron chi connectivity index (χ4n) is 1.87. The Labute approximate surface area is 107 Å². The highest BCUT2D eigenvalue weighted by Crippen LogP contribution is 2.15. The molecule has 0 aliphatic heterocycles. The molecule has 0 unspecified atom stereocenters. The molecule has 1 N–H and O–H groups in total. The van der Waals surface area contributed by atoms with Crippen LogP contribution in [-0.2, 0) is 16.1 Å². The summed E-state index contributed by atoms with van der Waals surface area (Å²) in [5.41, 5.74) is 1.22. The van der Waals surface area contributed by atoms with Crippen molar-refractivity contribution in [3.8, 4) is 0 Å². The molecule has 94 valence electrons. The van der Waals surface area contributed by atoms with Crippen molar-refractivity contribution >= 4 is 16.7 Å². The van der Waals surface area contributed by atoms with E-state index in [0.29, 0.717) is 13.0 Å². The average molecular weight is 243 g/mol. The van der Waals surface area contributed by atoms with Crippen LogP contribution in [0.25, 0.3) is 10.8 Å². The number of nitrogens with one attached hydrogen (secondary N) is 1. The van der Waals surface area contributed by atoms with Crippen molar-refractivity contribution in [2.45, 2.75) is 13.0 Å². The first kappa shape index (κ1) is 12.6. The molecule has 2 aromatic rings. The summed E-state index contributed by atoms with van der Waals surface area (Å²) in [7, 11) is 1.41. The van der Waals surface area contributed by atoms with Gasteiger partial charge in [-0.05, 0) is 22.4 Å². The zero-order valence-corrected chi connectivity index (χ0v) is 10.5. The van der Waals surface area contributed by atoms with E-state index in [-0.39, 0.29) is 5.97 Å². The minimum atomic E-state index is -0.180. The Morgan fingerprint density at radius 2 is 1.94 bits per heavy atom. The van der Waals surface area contributed by atoms with Gasteiger partial charge >= 0.3 is 5.97 Å². The molecule has 3 heteroatoms. The van der Waals surface area contributed by atoms with Crippen LogP contribution in [0.15, 0.2) is 42.5 Å². The number of hydrogen-bond acceptors (Lipinski definition) is 3. The Hall–Kier alpha value is -1.87. The first-order valence-electron chi connectivity index (χ1n) is 6.05. The van der Waals surface area contributed by atoms with Crippen molar-refractivity contribution in [1.29, 1.82) is 0 Å². The molecule has 0 saturated heterocycles. The molecule has 0 aliphatic rings. The highest BCUT2D eigenvalue weighted by molar-refractivity contribution is 5.82. The Morgan fingerprint density at radius 3 is 2.72 bits per heavy atom. The van der Waals surface area contributed by atoms with Crippen LogP contribution in [0.5, 0.6) is 0 Å². The van der Waals surface area contributed by atoms with Gasteiger partial charge in [0.1, 0.15) is 0 Å². The fourth-order valence-corrected chi connectivity index (χ4v) is 1.87. The smallest absolute Gasteiger partial charge is 0.306 e. The summed E-state index contributed by atoms with van der Waals surface area (Å²) in [6.07, 6.45) is 0.407.